The van der Waals surface area contributed by atoms with Gasteiger partial charge in [0.2, 0.25) is 0 Å². The van der Waals surface area contributed by atoms with Gasteiger partial charge < -0.3 is 9.72 Å². The van der Waals surface area contributed by atoms with Crippen molar-refractivity contribution in [3.63, 3.8) is 0 Å². The zero-order chi connectivity index (χ0) is 19.8. The van der Waals surface area contributed by atoms with E-state index in [-0.39, 0.29) is 11.5 Å². The number of hydrogen-bond donors (Lipinski definition) is 1. The molecule has 2 aromatic carbocycles. The van der Waals surface area contributed by atoms with Crippen molar-refractivity contribution in [2.45, 2.75) is 26.7 Å². The van der Waals surface area contributed by atoms with E-state index >= 15 is 0 Å². The van der Waals surface area contributed by atoms with Crippen molar-refractivity contribution in [3.05, 3.63) is 76.2 Å². The molecule has 0 bridgehead atoms. The summed E-state index contributed by atoms with van der Waals surface area (Å²) in [6.45, 7) is 6.17. The summed E-state index contributed by atoms with van der Waals surface area (Å²) in [5.74, 6) is 0.973. The summed E-state index contributed by atoms with van der Waals surface area (Å²) in [6.07, 6.45) is 0. The third-order valence-corrected chi connectivity index (χ3v) is 5.01. The van der Waals surface area contributed by atoms with Crippen LogP contribution in [0.25, 0.3) is 28.0 Å². The minimum absolute atomic E-state index is 0.125. The van der Waals surface area contributed by atoms with Crippen LogP contribution in [0.5, 0.6) is 5.75 Å². The molecule has 0 saturated carbocycles. The maximum absolute atomic E-state index is 13.4. The molecule has 1 N–H and O–H groups in total. The van der Waals surface area contributed by atoms with Gasteiger partial charge in [-0.3, -0.25) is 4.79 Å². The van der Waals surface area contributed by atoms with E-state index in [4.69, 9.17) is 9.84 Å². The lowest BCUT2D eigenvalue weighted by atomic mass is 9.99. The zero-order valence-electron chi connectivity index (χ0n) is 16.5. The molecule has 2 heterocycles. The summed E-state index contributed by atoms with van der Waals surface area (Å²) in [5, 5.41) is 4.71. The van der Waals surface area contributed by atoms with E-state index in [9.17, 15) is 4.79 Å². The largest absolute Gasteiger partial charge is 0.497 e. The lowest BCUT2D eigenvalue weighted by Gasteiger charge is -2.10. The average Bonchev–Trinajstić information content (AvgIpc) is 3.09. The molecule has 142 valence electrons. The molecule has 0 unspecified atom stereocenters. The standard InChI is InChI=1S/C23H23N3O2/c1-14(2)19-21(17-8-6-5-7-9-17)25-26-22(19)24-15(3)20(23(26)27)16-10-12-18(28-4)13-11-16/h5-14,24H,1-4H3. The van der Waals surface area contributed by atoms with Gasteiger partial charge in [0.05, 0.1) is 18.4 Å². The van der Waals surface area contributed by atoms with Crippen molar-refractivity contribution < 1.29 is 4.74 Å². The Morgan fingerprint density at radius 1 is 1.00 bits per heavy atom. The van der Waals surface area contributed by atoms with Crippen molar-refractivity contribution in [3.8, 4) is 28.1 Å². The Kier molecular flexibility index (Phi) is 4.51. The van der Waals surface area contributed by atoms with Crippen LogP contribution in [-0.4, -0.2) is 21.7 Å². The summed E-state index contributed by atoms with van der Waals surface area (Å²) >= 11 is 0. The molecule has 0 aliphatic heterocycles. The minimum atomic E-state index is -0.125. The molecule has 28 heavy (non-hydrogen) atoms. The van der Waals surface area contributed by atoms with Crippen LogP contribution < -0.4 is 10.3 Å². The molecule has 4 rings (SSSR count). The average molecular weight is 373 g/mol. The smallest absolute Gasteiger partial charge is 0.282 e. The fraction of sp³-hybridized carbons (Fsp3) is 0.217. The van der Waals surface area contributed by atoms with Gasteiger partial charge in [-0.2, -0.15) is 9.61 Å². The first kappa shape index (κ1) is 18.0. The predicted octanol–water partition coefficient (Wildman–Crippen LogP) is 4.80. The number of aromatic nitrogens is 3. The number of nitrogens with zero attached hydrogens (tertiary/aromatic N) is 2. The first-order valence-corrected chi connectivity index (χ1v) is 9.36. The Labute approximate surface area is 163 Å². The normalized spacial score (nSPS) is 11.3. The number of H-pyrrole nitrogens is 1. The monoisotopic (exact) mass is 373 g/mol. The van der Waals surface area contributed by atoms with Crippen LogP contribution >= 0.6 is 0 Å². The van der Waals surface area contributed by atoms with Crippen molar-refractivity contribution in [2.75, 3.05) is 7.11 Å². The van der Waals surface area contributed by atoms with Crippen LogP contribution in [0.1, 0.15) is 31.0 Å². The number of nitrogens with one attached hydrogen (secondary N) is 1. The molecule has 0 radical (unpaired) electrons. The van der Waals surface area contributed by atoms with Crippen molar-refractivity contribution >= 4 is 5.65 Å². The molecule has 0 spiro atoms. The summed E-state index contributed by atoms with van der Waals surface area (Å²) in [6, 6.07) is 17.5. The summed E-state index contributed by atoms with van der Waals surface area (Å²) in [7, 11) is 1.63. The van der Waals surface area contributed by atoms with E-state index in [2.05, 4.69) is 18.8 Å². The van der Waals surface area contributed by atoms with Gasteiger partial charge in [0.15, 0.2) is 0 Å². The van der Waals surface area contributed by atoms with E-state index in [0.717, 1.165) is 39.5 Å². The van der Waals surface area contributed by atoms with Gasteiger partial charge in [-0.05, 0) is 30.5 Å². The van der Waals surface area contributed by atoms with Gasteiger partial charge in [-0.15, -0.1) is 0 Å². The second-order valence-corrected chi connectivity index (χ2v) is 7.20. The van der Waals surface area contributed by atoms with Crippen LogP contribution in [-0.2, 0) is 0 Å². The molecule has 0 atom stereocenters. The maximum atomic E-state index is 13.4. The number of hydrogen-bond acceptors (Lipinski definition) is 3. The highest BCUT2D eigenvalue weighted by molar-refractivity contribution is 5.74. The third kappa shape index (κ3) is 2.89. The predicted molar refractivity (Wildman–Crippen MR) is 112 cm³/mol. The van der Waals surface area contributed by atoms with Crippen LogP contribution in [0.4, 0.5) is 0 Å². The molecule has 0 fully saturated rings. The molecule has 0 saturated heterocycles. The van der Waals surface area contributed by atoms with Crippen molar-refractivity contribution in [1.82, 2.24) is 14.6 Å². The molecular weight excluding hydrogens is 350 g/mol. The van der Waals surface area contributed by atoms with E-state index < -0.39 is 0 Å². The molecule has 5 nitrogen and oxygen atoms in total. The second kappa shape index (κ2) is 7.00. The highest BCUT2D eigenvalue weighted by Crippen LogP contribution is 2.32. The summed E-state index contributed by atoms with van der Waals surface area (Å²) in [5.41, 5.74) is 5.81. The second-order valence-electron chi connectivity index (χ2n) is 7.20. The Balaban J connectivity index is 2.00. The van der Waals surface area contributed by atoms with Gasteiger partial charge in [-0.1, -0.05) is 56.3 Å². The van der Waals surface area contributed by atoms with Gasteiger partial charge >= 0.3 is 0 Å². The first-order valence-electron chi connectivity index (χ1n) is 9.36. The number of fused-ring (bicyclic) bond motifs is 1. The summed E-state index contributed by atoms with van der Waals surface area (Å²) in [4.78, 5) is 16.8. The quantitative estimate of drug-likeness (QED) is 0.559. The highest BCUT2D eigenvalue weighted by Gasteiger charge is 2.21. The summed E-state index contributed by atoms with van der Waals surface area (Å²) < 4.78 is 6.73. The molecule has 0 aliphatic rings. The topological polar surface area (TPSA) is 59.4 Å². The van der Waals surface area contributed by atoms with Crippen molar-refractivity contribution in [2.24, 2.45) is 0 Å². The Bertz CT molecular complexity index is 1190. The number of rotatable bonds is 4. The number of aryl methyl sites for hydroxylation is 1. The molecule has 5 heteroatoms. The van der Waals surface area contributed by atoms with Gasteiger partial charge in [0.25, 0.3) is 5.56 Å². The third-order valence-electron chi connectivity index (χ3n) is 5.01. The van der Waals surface area contributed by atoms with Gasteiger partial charge in [0, 0.05) is 16.8 Å². The number of benzene rings is 2. The SMILES string of the molecule is COc1ccc(-c2c(C)[nH]c3c(C(C)C)c(-c4ccccc4)nn3c2=O)cc1. The number of ether oxygens (including phenoxy) is 1. The van der Waals surface area contributed by atoms with Gasteiger partial charge in [0.1, 0.15) is 11.4 Å². The van der Waals surface area contributed by atoms with E-state index in [1.165, 1.54) is 4.52 Å². The van der Waals surface area contributed by atoms with E-state index in [1.807, 2.05) is 61.5 Å². The molecule has 2 aromatic heterocycles. The molecular formula is C23H23N3O2. The fourth-order valence-electron chi connectivity index (χ4n) is 3.66. The Morgan fingerprint density at radius 3 is 2.29 bits per heavy atom. The lowest BCUT2D eigenvalue weighted by molar-refractivity contribution is 0.415. The minimum Gasteiger partial charge on any atom is -0.497 e. The number of aromatic amines is 1. The lowest BCUT2D eigenvalue weighted by Crippen LogP contribution is -2.19. The van der Waals surface area contributed by atoms with Crippen molar-refractivity contribution in [1.29, 1.82) is 0 Å². The highest BCUT2D eigenvalue weighted by atomic mass is 16.5. The fourth-order valence-corrected chi connectivity index (χ4v) is 3.66. The van der Waals surface area contributed by atoms with Crippen LogP contribution in [0.3, 0.4) is 0 Å². The van der Waals surface area contributed by atoms with E-state index in [0.29, 0.717) is 5.56 Å². The molecule has 0 aliphatic carbocycles. The Hall–Kier alpha value is -3.34. The van der Waals surface area contributed by atoms with Crippen LogP contribution in [0.15, 0.2) is 59.4 Å². The van der Waals surface area contributed by atoms with Gasteiger partial charge in [-0.25, -0.2) is 0 Å². The molecule has 4 aromatic rings. The Morgan fingerprint density at radius 2 is 1.68 bits per heavy atom. The zero-order valence-corrected chi connectivity index (χ0v) is 16.5. The first-order chi connectivity index (χ1) is 13.5. The maximum Gasteiger partial charge on any atom is 0.282 e. The van der Waals surface area contributed by atoms with Crippen LogP contribution in [0.2, 0.25) is 0 Å². The van der Waals surface area contributed by atoms with E-state index in [1.54, 1.807) is 7.11 Å². The van der Waals surface area contributed by atoms with Crippen LogP contribution in [0, 0.1) is 6.92 Å². The molecule has 0 amide bonds. The number of methoxy groups -OCH3 is 1.